The van der Waals surface area contributed by atoms with Crippen molar-refractivity contribution in [1.29, 1.82) is 0 Å². The van der Waals surface area contributed by atoms with Gasteiger partial charge in [0.2, 0.25) is 17.8 Å². The maximum absolute atomic E-state index is 13.4. The molecule has 0 radical (unpaired) electrons. The quantitative estimate of drug-likeness (QED) is 0.289. The number of carbonyl (C=O) groups is 3. The minimum atomic E-state index is -0.769. The van der Waals surface area contributed by atoms with Crippen LogP contribution in [0.25, 0.3) is 0 Å². The van der Waals surface area contributed by atoms with E-state index in [1.807, 2.05) is 29.2 Å². The Kier molecular flexibility index (Phi) is 11.4. The Morgan fingerprint density at radius 1 is 1.07 bits per heavy atom. The Morgan fingerprint density at radius 3 is 2.29 bits per heavy atom. The minimum absolute atomic E-state index is 0.0175. The summed E-state index contributed by atoms with van der Waals surface area (Å²) >= 11 is 12.8. The van der Waals surface area contributed by atoms with Gasteiger partial charge in [-0.15, -0.1) is 0 Å². The number of carbonyl (C=O) groups excluding carboxylic acids is 3. The van der Waals surface area contributed by atoms with Crippen molar-refractivity contribution in [3.63, 3.8) is 0 Å². The van der Waals surface area contributed by atoms with Crippen molar-refractivity contribution < 1.29 is 23.9 Å². The van der Waals surface area contributed by atoms with Crippen molar-refractivity contribution in [3.8, 4) is 5.75 Å². The standard InChI is InChI=1S/C29H38Cl2N6O5/c1-29(2,3)42-28(40)35-27(32-16-18-14-21(30)25(22(31)15-18)33-24(38)17-36(4)5)34-26(39)23-8-7-13-37(23)19-9-11-20(41-6)12-10-19/h9-12,14-15,23H,7-8,13,16-17H2,1-6H3,(H,33,38)(H2,32,34,35,39,40). The van der Waals surface area contributed by atoms with E-state index < -0.39 is 17.7 Å². The van der Waals surface area contributed by atoms with Crippen LogP contribution in [0.15, 0.2) is 41.4 Å². The number of likely N-dealkylation sites (N-methyl/N-ethyl adjacent to an activating group) is 1. The number of halogens is 2. The van der Waals surface area contributed by atoms with Crippen LogP contribution in [0.1, 0.15) is 39.2 Å². The van der Waals surface area contributed by atoms with Gasteiger partial charge in [-0.25, -0.2) is 9.79 Å². The largest absolute Gasteiger partial charge is 0.497 e. The fourth-order valence-electron chi connectivity index (χ4n) is 4.31. The molecule has 1 heterocycles. The van der Waals surface area contributed by atoms with E-state index in [0.29, 0.717) is 18.5 Å². The van der Waals surface area contributed by atoms with Crippen molar-refractivity contribution in [1.82, 2.24) is 15.5 Å². The van der Waals surface area contributed by atoms with Crippen LogP contribution in [0, 0.1) is 0 Å². The first-order valence-electron chi connectivity index (χ1n) is 13.4. The lowest BCUT2D eigenvalue weighted by Gasteiger charge is -2.26. The molecule has 11 nitrogen and oxygen atoms in total. The Hall–Kier alpha value is -3.54. The third-order valence-corrected chi connectivity index (χ3v) is 6.66. The number of methoxy groups -OCH3 is 1. The van der Waals surface area contributed by atoms with Crippen molar-refractivity contribution in [2.75, 3.05) is 44.5 Å². The SMILES string of the molecule is COc1ccc(N2CCCC2C(=O)NC(=NCc2cc(Cl)c(NC(=O)CN(C)C)c(Cl)c2)NC(=O)OC(C)(C)C)cc1. The zero-order chi connectivity index (χ0) is 31.0. The fourth-order valence-corrected chi connectivity index (χ4v) is 4.93. The molecule has 3 N–H and O–H groups in total. The van der Waals surface area contributed by atoms with E-state index in [1.165, 1.54) is 0 Å². The minimum Gasteiger partial charge on any atom is -0.497 e. The lowest BCUT2D eigenvalue weighted by atomic mass is 10.2. The van der Waals surface area contributed by atoms with Crippen LogP contribution >= 0.6 is 23.2 Å². The summed E-state index contributed by atoms with van der Waals surface area (Å²) in [5.74, 6) is 0.0513. The van der Waals surface area contributed by atoms with Crippen LogP contribution in [-0.4, -0.2) is 74.7 Å². The van der Waals surface area contributed by atoms with E-state index in [0.717, 1.165) is 17.9 Å². The van der Waals surface area contributed by atoms with Crippen molar-refractivity contribution in [2.45, 2.75) is 51.8 Å². The van der Waals surface area contributed by atoms with Crippen molar-refractivity contribution in [2.24, 2.45) is 4.99 Å². The van der Waals surface area contributed by atoms with Gasteiger partial charge in [0.05, 0.1) is 35.9 Å². The van der Waals surface area contributed by atoms with Gasteiger partial charge in [0.15, 0.2) is 0 Å². The summed E-state index contributed by atoms with van der Waals surface area (Å²) in [6.07, 6.45) is 0.684. The van der Waals surface area contributed by atoms with Crippen LogP contribution in [0.5, 0.6) is 5.75 Å². The second-order valence-corrected chi connectivity index (χ2v) is 11.9. The van der Waals surface area contributed by atoms with Crippen molar-refractivity contribution in [3.05, 3.63) is 52.0 Å². The zero-order valence-corrected chi connectivity index (χ0v) is 26.2. The molecule has 0 bridgehead atoms. The van der Waals surface area contributed by atoms with Gasteiger partial charge in [-0.05, 0) is 89.7 Å². The molecule has 1 aliphatic rings. The molecule has 3 amide bonds. The van der Waals surface area contributed by atoms with Gasteiger partial charge in [-0.2, -0.15) is 0 Å². The average molecular weight is 622 g/mol. The number of aliphatic imine (C=N–C) groups is 1. The van der Waals surface area contributed by atoms with Gasteiger partial charge in [-0.1, -0.05) is 23.2 Å². The molecular weight excluding hydrogens is 583 g/mol. The van der Waals surface area contributed by atoms with Gasteiger partial charge < -0.3 is 24.6 Å². The predicted octanol–water partition coefficient (Wildman–Crippen LogP) is 4.67. The lowest BCUT2D eigenvalue weighted by Crippen LogP contribution is -2.51. The highest BCUT2D eigenvalue weighted by atomic mass is 35.5. The van der Waals surface area contributed by atoms with Crippen LogP contribution in [0.3, 0.4) is 0 Å². The number of benzene rings is 2. The number of hydrogen-bond acceptors (Lipinski definition) is 8. The van der Waals surface area contributed by atoms with E-state index in [2.05, 4.69) is 20.9 Å². The Bertz CT molecular complexity index is 1290. The number of alkyl carbamates (subject to hydrolysis) is 1. The molecule has 1 fully saturated rings. The maximum Gasteiger partial charge on any atom is 0.414 e. The predicted molar refractivity (Wildman–Crippen MR) is 166 cm³/mol. The first-order chi connectivity index (χ1) is 19.8. The Labute approximate surface area is 256 Å². The summed E-state index contributed by atoms with van der Waals surface area (Å²) in [7, 11) is 5.14. The molecule has 3 rings (SSSR count). The third-order valence-electron chi connectivity index (χ3n) is 6.07. The van der Waals surface area contributed by atoms with Crippen LogP contribution in [0.4, 0.5) is 16.2 Å². The number of amides is 3. The van der Waals surface area contributed by atoms with Gasteiger partial charge in [0.1, 0.15) is 17.4 Å². The summed E-state index contributed by atoms with van der Waals surface area (Å²) < 4.78 is 10.6. The molecule has 0 spiro atoms. The second kappa shape index (κ2) is 14.6. The zero-order valence-electron chi connectivity index (χ0n) is 24.7. The number of nitrogens with one attached hydrogen (secondary N) is 3. The normalized spacial score (nSPS) is 15.4. The molecule has 2 aromatic rings. The third kappa shape index (κ3) is 9.78. The van der Waals surface area contributed by atoms with E-state index in [4.69, 9.17) is 32.7 Å². The monoisotopic (exact) mass is 620 g/mol. The summed E-state index contributed by atoms with van der Waals surface area (Å²) in [5, 5.41) is 8.47. The second-order valence-electron chi connectivity index (χ2n) is 11.1. The maximum atomic E-state index is 13.4. The molecule has 42 heavy (non-hydrogen) atoms. The number of ether oxygens (including phenoxy) is 2. The fraction of sp³-hybridized carbons (Fsp3) is 0.448. The molecule has 0 saturated carbocycles. The van der Waals surface area contributed by atoms with Gasteiger partial charge in [0, 0.05) is 12.2 Å². The van der Waals surface area contributed by atoms with Crippen molar-refractivity contribution >= 4 is 58.4 Å². The number of nitrogens with zero attached hydrogens (tertiary/aromatic N) is 3. The van der Waals surface area contributed by atoms with Gasteiger partial charge >= 0.3 is 6.09 Å². The van der Waals surface area contributed by atoms with E-state index in [-0.39, 0.29) is 46.6 Å². The highest BCUT2D eigenvalue weighted by Gasteiger charge is 2.32. The molecule has 0 aliphatic carbocycles. The first-order valence-corrected chi connectivity index (χ1v) is 14.2. The molecule has 2 aromatic carbocycles. The lowest BCUT2D eigenvalue weighted by molar-refractivity contribution is -0.121. The molecule has 1 aliphatic heterocycles. The number of hydrogen-bond donors (Lipinski definition) is 3. The molecule has 1 saturated heterocycles. The summed E-state index contributed by atoms with van der Waals surface area (Å²) in [5.41, 5.74) is 1.00. The van der Waals surface area contributed by atoms with E-state index >= 15 is 0 Å². The topological polar surface area (TPSA) is 125 Å². The molecule has 13 heteroatoms. The molecule has 1 unspecified atom stereocenters. The van der Waals surface area contributed by atoms with E-state index in [1.54, 1.807) is 59.0 Å². The smallest absolute Gasteiger partial charge is 0.414 e. The van der Waals surface area contributed by atoms with Crippen LogP contribution in [0.2, 0.25) is 10.0 Å². The summed E-state index contributed by atoms with van der Waals surface area (Å²) in [6.45, 7) is 6.08. The highest BCUT2D eigenvalue weighted by molar-refractivity contribution is 6.39. The van der Waals surface area contributed by atoms with Gasteiger partial charge in [0.25, 0.3) is 0 Å². The summed E-state index contributed by atoms with van der Waals surface area (Å²) in [4.78, 5) is 46.4. The van der Waals surface area contributed by atoms with Gasteiger partial charge in [-0.3, -0.25) is 20.2 Å². The number of guanidine groups is 1. The summed E-state index contributed by atoms with van der Waals surface area (Å²) in [6, 6.07) is 10.2. The Balaban J connectivity index is 1.80. The molecular formula is C29H38Cl2N6O5. The number of rotatable bonds is 8. The van der Waals surface area contributed by atoms with E-state index in [9.17, 15) is 14.4 Å². The first kappa shape index (κ1) is 33.0. The molecule has 228 valence electrons. The number of anilines is 2. The molecule has 0 aromatic heterocycles. The van der Waals surface area contributed by atoms with Crippen LogP contribution in [-0.2, 0) is 20.9 Å². The average Bonchev–Trinajstić information content (AvgIpc) is 3.38. The highest BCUT2D eigenvalue weighted by Crippen LogP contribution is 2.32. The van der Waals surface area contributed by atoms with Crippen LogP contribution < -0.4 is 25.6 Å². The molecule has 1 atom stereocenters. The Morgan fingerprint density at radius 2 is 1.71 bits per heavy atom.